The molecule has 0 bridgehead atoms. The lowest BCUT2D eigenvalue weighted by Crippen LogP contribution is -2.08. The van der Waals surface area contributed by atoms with Crippen molar-refractivity contribution in [3.8, 4) is 45.8 Å². The van der Waals surface area contributed by atoms with Gasteiger partial charge < -0.3 is 34.3 Å². The molecule has 2 aromatic carbocycles. The van der Waals surface area contributed by atoms with Crippen molar-refractivity contribution in [2.45, 2.75) is 0 Å². The molecule has 0 fully saturated rings. The Balaban J connectivity index is 2.42. The van der Waals surface area contributed by atoms with Gasteiger partial charge in [0.2, 0.25) is 28.4 Å². The summed E-state index contributed by atoms with van der Waals surface area (Å²) in [4.78, 5) is 12.6. The molecule has 0 amide bonds. The van der Waals surface area contributed by atoms with Gasteiger partial charge in [-0.25, -0.2) is 0 Å². The van der Waals surface area contributed by atoms with Crippen LogP contribution in [0.1, 0.15) is 0 Å². The normalized spacial score (nSPS) is 10.8. The zero-order valence-electron chi connectivity index (χ0n) is 13.2. The molecule has 3 aromatic rings. The minimum Gasteiger partial charge on any atom is -0.504 e. The van der Waals surface area contributed by atoms with E-state index in [1.807, 2.05) is 0 Å². The monoisotopic (exact) mass is 346 g/mol. The van der Waals surface area contributed by atoms with Crippen LogP contribution >= 0.6 is 0 Å². The lowest BCUT2D eigenvalue weighted by molar-refractivity contribution is 0.345. The van der Waals surface area contributed by atoms with Crippen molar-refractivity contribution in [2.24, 2.45) is 0 Å². The van der Waals surface area contributed by atoms with Crippen LogP contribution in [0.5, 0.6) is 34.5 Å². The fraction of sp³-hybridized carbons (Fsp3) is 0.118. The molecule has 4 N–H and O–H groups in total. The molecule has 0 aliphatic rings. The molecule has 8 nitrogen and oxygen atoms in total. The van der Waals surface area contributed by atoms with Crippen LogP contribution in [0.3, 0.4) is 0 Å². The Bertz CT molecular complexity index is 1020. The number of ether oxygens (including phenoxy) is 2. The highest BCUT2D eigenvalue weighted by atomic mass is 16.5. The Hall–Kier alpha value is -3.55. The molecule has 0 radical (unpaired) electrons. The van der Waals surface area contributed by atoms with Crippen LogP contribution in [-0.2, 0) is 0 Å². The van der Waals surface area contributed by atoms with Crippen molar-refractivity contribution in [2.75, 3.05) is 14.2 Å². The third-order valence-electron chi connectivity index (χ3n) is 3.75. The highest BCUT2D eigenvalue weighted by Gasteiger charge is 2.26. The molecular weight excluding hydrogens is 332 g/mol. The van der Waals surface area contributed by atoms with Crippen molar-refractivity contribution in [1.29, 1.82) is 0 Å². The van der Waals surface area contributed by atoms with Crippen molar-refractivity contribution in [3.63, 3.8) is 0 Å². The second kappa shape index (κ2) is 5.82. The predicted octanol–water partition coefficient (Wildman–Crippen LogP) is 2.30. The number of hydrogen-bond donors (Lipinski definition) is 4. The highest BCUT2D eigenvalue weighted by Crippen LogP contribution is 2.49. The first-order chi connectivity index (χ1) is 11.9. The van der Waals surface area contributed by atoms with Crippen molar-refractivity contribution in [1.82, 2.24) is 0 Å². The quantitative estimate of drug-likeness (QED) is 0.420. The van der Waals surface area contributed by atoms with Gasteiger partial charge in [0.25, 0.3) is 0 Å². The molecule has 8 heteroatoms. The smallest absolute Gasteiger partial charge is 0.239 e. The van der Waals surface area contributed by atoms with Crippen LogP contribution in [-0.4, -0.2) is 34.6 Å². The van der Waals surface area contributed by atoms with Gasteiger partial charge in [0.15, 0.2) is 17.1 Å². The lowest BCUT2D eigenvalue weighted by atomic mass is 10.1. The van der Waals surface area contributed by atoms with E-state index in [1.165, 1.54) is 14.2 Å². The molecular formula is C17H14O8. The molecule has 0 aliphatic carbocycles. The summed E-state index contributed by atoms with van der Waals surface area (Å²) >= 11 is 0. The summed E-state index contributed by atoms with van der Waals surface area (Å²) in [6.07, 6.45) is 0. The number of benzene rings is 2. The number of rotatable bonds is 3. The molecule has 0 unspecified atom stereocenters. The Morgan fingerprint density at radius 1 is 0.840 bits per heavy atom. The number of aromatic hydroxyl groups is 4. The maximum absolute atomic E-state index is 12.6. The zero-order valence-corrected chi connectivity index (χ0v) is 13.2. The topological polar surface area (TPSA) is 130 Å². The van der Waals surface area contributed by atoms with Crippen LogP contribution in [0, 0.1) is 0 Å². The minimum atomic E-state index is -1.03. The predicted molar refractivity (Wildman–Crippen MR) is 87.7 cm³/mol. The van der Waals surface area contributed by atoms with Gasteiger partial charge in [-0.15, -0.1) is 0 Å². The molecule has 1 aromatic heterocycles. The van der Waals surface area contributed by atoms with E-state index in [1.54, 1.807) is 24.3 Å². The number of fused-ring (bicyclic) bond motifs is 1. The second-order valence-corrected chi connectivity index (χ2v) is 5.12. The molecule has 130 valence electrons. The first-order valence-electron chi connectivity index (χ1n) is 7.05. The van der Waals surface area contributed by atoms with E-state index in [0.29, 0.717) is 11.3 Å². The average Bonchev–Trinajstić information content (AvgIpc) is 2.64. The van der Waals surface area contributed by atoms with E-state index in [9.17, 15) is 25.2 Å². The third kappa shape index (κ3) is 2.35. The van der Waals surface area contributed by atoms with E-state index in [0.717, 1.165) is 0 Å². The molecule has 3 rings (SSSR count). The van der Waals surface area contributed by atoms with Crippen molar-refractivity contribution in [3.05, 3.63) is 34.5 Å². The number of hydrogen-bond acceptors (Lipinski definition) is 8. The minimum absolute atomic E-state index is 0.0255. The zero-order chi connectivity index (χ0) is 18.3. The molecule has 0 aliphatic heterocycles. The first-order valence-corrected chi connectivity index (χ1v) is 7.05. The lowest BCUT2D eigenvalue weighted by Gasteiger charge is -2.12. The van der Waals surface area contributed by atoms with E-state index < -0.39 is 39.4 Å². The van der Waals surface area contributed by atoms with Gasteiger partial charge >= 0.3 is 0 Å². The van der Waals surface area contributed by atoms with Gasteiger partial charge in [-0.2, -0.15) is 0 Å². The van der Waals surface area contributed by atoms with Gasteiger partial charge in [-0.3, -0.25) is 4.79 Å². The van der Waals surface area contributed by atoms with Gasteiger partial charge in [0, 0.05) is 5.56 Å². The van der Waals surface area contributed by atoms with Gasteiger partial charge in [0.1, 0.15) is 11.1 Å². The fourth-order valence-electron chi connectivity index (χ4n) is 2.47. The maximum atomic E-state index is 12.6. The summed E-state index contributed by atoms with van der Waals surface area (Å²) in [5.41, 5.74) is -0.870. The van der Waals surface area contributed by atoms with Gasteiger partial charge in [-0.1, -0.05) is 0 Å². The van der Waals surface area contributed by atoms with Gasteiger partial charge in [-0.05, 0) is 24.3 Å². The van der Waals surface area contributed by atoms with E-state index in [2.05, 4.69) is 0 Å². The number of methoxy groups -OCH3 is 2. The van der Waals surface area contributed by atoms with E-state index in [4.69, 9.17) is 13.9 Å². The standard InChI is InChI=1S/C17H14O8/c1-23-8-5-3-7(4-6-8)15-17(24-2)11(19)9-10(18)12(20)13(21)14(22)16(9)25-15/h3-6,18,20-22H,1-2H3. The fourth-order valence-corrected chi connectivity index (χ4v) is 2.47. The van der Waals surface area contributed by atoms with Crippen LogP contribution in [0.4, 0.5) is 0 Å². The Morgan fingerprint density at radius 2 is 1.44 bits per heavy atom. The van der Waals surface area contributed by atoms with Crippen LogP contribution < -0.4 is 14.9 Å². The van der Waals surface area contributed by atoms with Crippen molar-refractivity contribution < 1.29 is 34.3 Å². The highest BCUT2D eigenvalue weighted by molar-refractivity contribution is 5.95. The van der Waals surface area contributed by atoms with E-state index >= 15 is 0 Å². The molecule has 25 heavy (non-hydrogen) atoms. The van der Waals surface area contributed by atoms with Crippen molar-refractivity contribution >= 4 is 11.0 Å². The van der Waals surface area contributed by atoms with Gasteiger partial charge in [0.05, 0.1) is 14.2 Å². The number of phenolic OH excluding ortho intramolecular Hbond substituents is 4. The summed E-state index contributed by atoms with van der Waals surface area (Å²) in [5, 5.41) is 38.7. The summed E-state index contributed by atoms with van der Waals surface area (Å²) in [6.45, 7) is 0. The Kier molecular flexibility index (Phi) is 3.80. The summed E-state index contributed by atoms with van der Waals surface area (Å²) in [6, 6.07) is 6.46. The molecule has 1 heterocycles. The van der Waals surface area contributed by atoms with Crippen LogP contribution in [0.25, 0.3) is 22.3 Å². The van der Waals surface area contributed by atoms with Crippen LogP contribution in [0.15, 0.2) is 33.5 Å². The van der Waals surface area contributed by atoms with Crippen LogP contribution in [0.2, 0.25) is 0 Å². The second-order valence-electron chi connectivity index (χ2n) is 5.12. The molecule has 0 atom stereocenters. The average molecular weight is 346 g/mol. The molecule has 0 saturated heterocycles. The summed E-state index contributed by atoms with van der Waals surface area (Å²) in [5.74, 6) is -3.51. The molecule has 0 saturated carbocycles. The largest absolute Gasteiger partial charge is 0.504 e. The number of phenols is 4. The first kappa shape index (κ1) is 16.3. The Labute approximate surface area is 140 Å². The maximum Gasteiger partial charge on any atom is 0.239 e. The van der Waals surface area contributed by atoms with E-state index in [-0.39, 0.29) is 11.5 Å². The SMILES string of the molecule is COc1ccc(-c2oc3c(O)c(O)c(O)c(O)c3c(=O)c2OC)cc1. The summed E-state index contributed by atoms with van der Waals surface area (Å²) in [7, 11) is 2.74. The Morgan fingerprint density at radius 3 is 2.00 bits per heavy atom. The molecule has 0 spiro atoms. The third-order valence-corrected chi connectivity index (χ3v) is 3.75. The summed E-state index contributed by atoms with van der Waals surface area (Å²) < 4.78 is 15.7.